The van der Waals surface area contributed by atoms with E-state index in [1.807, 2.05) is 27.7 Å². The van der Waals surface area contributed by atoms with Gasteiger partial charge in [-0.05, 0) is 34.6 Å². The molecule has 0 bridgehead atoms. The molecule has 0 unspecified atom stereocenters. The van der Waals surface area contributed by atoms with Crippen LogP contribution in [0.4, 0.5) is 5.69 Å². The number of carbonyl (C=O) groups excluding carboxylic acids is 2. The van der Waals surface area contributed by atoms with E-state index >= 15 is 0 Å². The molecule has 1 amide bonds. The molecule has 5 heteroatoms. The highest BCUT2D eigenvalue weighted by molar-refractivity contribution is 6.03. The van der Waals surface area contributed by atoms with E-state index in [0.717, 1.165) is 0 Å². The van der Waals surface area contributed by atoms with Crippen molar-refractivity contribution in [3.63, 3.8) is 0 Å². The predicted octanol–water partition coefficient (Wildman–Crippen LogP) is 3.18. The number of ketones is 1. The smallest absolute Gasteiger partial charge is 0.231 e. The van der Waals surface area contributed by atoms with Crippen molar-refractivity contribution in [3.8, 4) is 11.5 Å². The molecule has 0 heterocycles. The fourth-order valence-electron chi connectivity index (χ4n) is 1.76. The molecule has 0 radical (unpaired) electrons. The minimum absolute atomic E-state index is 0.0140. The van der Waals surface area contributed by atoms with E-state index in [2.05, 4.69) is 5.32 Å². The second kappa shape index (κ2) is 7.67. The lowest BCUT2D eigenvalue weighted by Crippen LogP contribution is -2.15. The predicted molar refractivity (Wildman–Crippen MR) is 81.9 cm³/mol. The van der Waals surface area contributed by atoms with Gasteiger partial charge in [-0.25, -0.2) is 0 Å². The summed E-state index contributed by atoms with van der Waals surface area (Å²) in [5.74, 6) is 0.697. The first-order chi connectivity index (χ1) is 9.76. The average molecular weight is 293 g/mol. The van der Waals surface area contributed by atoms with Crippen LogP contribution in [0.3, 0.4) is 0 Å². The maximum absolute atomic E-state index is 11.7. The lowest BCUT2D eigenvalue weighted by atomic mass is 10.2. The van der Waals surface area contributed by atoms with Crippen LogP contribution in [0.5, 0.6) is 11.5 Å². The van der Waals surface area contributed by atoms with Crippen molar-refractivity contribution in [1.82, 2.24) is 0 Å². The molecular weight excluding hydrogens is 270 g/mol. The Balaban J connectivity index is 2.94. The van der Waals surface area contributed by atoms with Crippen LogP contribution in [0.25, 0.3) is 0 Å². The molecule has 1 aromatic rings. The summed E-state index contributed by atoms with van der Waals surface area (Å²) in [4.78, 5) is 22.6. The SMILES string of the molecule is CC(=O)CC(=O)Nc1cc(OC(C)C)cc(OC(C)C)c1. The number of ether oxygens (including phenoxy) is 2. The molecular formula is C16H23NO4. The Kier molecular flexibility index (Phi) is 6.21. The topological polar surface area (TPSA) is 64.6 Å². The molecule has 116 valence electrons. The molecule has 0 atom stereocenters. The van der Waals surface area contributed by atoms with Crippen LogP contribution in [0.1, 0.15) is 41.0 Å². The maximum atomic E-state index is 11.7. The number of nitrogens with one attached hydrogen (secondary N) is 1. The highest BCUT2D eigenvalue weighted by atomic mass is 16.5. The number of amides is 1. The summed E-state index contributed by atoms with van der Waals surface area (Å²) >= 11 is 0. The Labute approximate surface area is 125 Å². The number of carbonyl (C=O) groups is 2. The number of Topliss-reactive ketones (excluding diaryl/α,β-unsaturated/α-hetero) is 1. The molecule has 0 aromatic heterocycles. The lowest BCUT2D eigenvalue weighted by molar-refractivity contribution is -0.124. The molecule has 0 saturated heterocycles. The van der Waals surface area contributed by atoms with Gasteiger partial charge in [-0.3, -0.25) is 9.59 Å². The van der Waals surface area contributed by atoms with E-state index in [0.29, 0.717) is 17.2 Å². The first kappa shape index (κ1) is 17.0. The third-order valence-corrected chi connectivity index (χ3v) is 2.32. The first-order valence-corrected chi connectivity index (χ1v) is 7.04. The van der Waals surface area contributed by atoms with Crippen molar-refractivity contribution in [3.05, 3.63) is 18.2 Å². The van der Waals surface area contributed by atoms with E-state index < -0.39 is 0 Å². The molecule has 0 spiro atoms. The van der Waals surface area contributed by atoms with Gasteiger partial charge in [-0.2, -0.15) is 0 Å². The number of hydrogen-bond donors (Lipinski definition) is 1. The summed E-state index contributed by atoms with van der Waals surface area (Å²) in [7, 11) is 0. The fourth-order valence-corrected chi connectivity index (χ4v) is 1.76. The number of rotatable bonds is 7. The van der Waals surface area contributed by atoms with E-state index in [1.165, 1.54) is 6.92 Å². The van der Waals surface area contributed by atoms with Crippen molar-refractivity contribution in [2.24, 2.45) is 0 Å². The van der Waals surface area contributed by atoms with Crippen LogP contribution in [-0.4, -0.2) is 23.9 Å². The van der Waals surface area contributed by atoms with Gasteiger partial charge in [0.2, 0.25) is 5.91 Å². The van der Waals surface area contributed by atoms with Crippen molar-refractivity contribution in [2.45, 2.75) is 53.2 Å². The molecule has 5 nitrogen and oxygen atoms in total. The minimum atomic E-state index is -0.348. The minimum Gasteiger partial charge on any atom is -0.491 e. The van der Waals surface area contributed by atoms with Crippen molar-refractivity contribution in [2.75, 3.05) is 5.32 Å². The standard InChI is InChI=1S/C16H23NO4/c1-10(2)20-14-7-13(17-16(19)6-12(5)18)8-15(9-14)21-11(3)4/h7-11H,6H2,1-5H3,(H,17,19). The first-order valence-electron chi connectivity index (χ1n) is 7.04. The van der Waals surface area contributed by atoms with Gasteiger partial charge in [0.05, 0.1) is 18.6 Å². The zero-order chi connectivity index (χ0) is 16.0. The van der Waals surface area contributed by atoms with Gasteiger partial charge >= 0.3 is 0 Å². The van der Waals surface area contributed by atoms with Crippen LogP contribution in [0, 0.1) is 0 Å². The largest absolute Gasteiger partial charge is 0.491 e. The van der Waals surface area contributed by atoms with E-state index in [-0.39, 0.29) is 30.3 Å². The normalized spacial score (nSPS) is 10.6. The van der Waals surface area contributed by atoms with Crippen molar-refractivity contribution < 1.29 is 19.1 Å². The molecule has 0 aliphatic carbocycles. The monoisotopic (exact) mass is 293 g/mol. The summed E-state index contributed by atoms with van der Waals surface area (Å²) in [6, 6.07) is 5.21. The van der Waals surface area contributed by atoms with Gasteiger partial charge in [-0.15, -0.1) is 0 Å². The van der Waals surface area contributed by atoms with E-state index in [1.54, 1.807) is 18.2 Å². The molecule has 0 aliphatic heterocycles. The Morgan fingerprint density at radius 1 is 1.00 bits per heavy atom. The molecule has 1 N–H and O–H groups in total. The quantitative estimate of drug-likeness (QED) is 0.784. The second-order valence-corrected chi connectivity index (χ2v) is 5.45. The van der Waals surface area contributed by atoms with E-state index in [9.17, 15) is 9.59 Å². The third-order valence-electron chi connectivity index (χ3n) is 2.32. The van der Waals surface area contributed by atoms with Gasteiger partial charge < -0.3 is 14.8 Å². The lowest BCUT2D eigenvalue weighted by Gasteiger charge is -2.16. The summed E-state index contributed by atoms with van der Waals surface area (Å²) in [6.45, 7) is 9.06. The molecule has 1 rings (SSSR count). The molecule has 0 fully saturated rings. The number of hydrogen-bond acceptors (Lipinski definition) is 4. The highest BCUT2D eigenvalue weighted by Gasteiger charge is 2.10. The van der Waals surface area contributed by atoms with Gasteiger partial charge in [0, 0.05) is 23.9 Å². The average Bonchev–Trinajstić information content (AvgIpc) is 2.24. The van der Waals surface area contributed by atoms with Gasteiger partial charge in [-0.1, -0.05) is 0 Å². The molecule has 0 saturated carbocycles. The van der Waals surface area contributed by atoms with Crippen LogP contribution in [-0.2, 0) is 9.59 Å². The summed E-state index contributed by atoms with van der Waals surface area (Å²) < 4.78 is 11.3. The van der Waals surface area contributed by atoms with Crippen LogP contribution >= 0.6 is 0 Å². The van der Waals surface area contributed by atoms with Gasteiger partial charge in [0.15, 0.2) is 0 Å². The number of anilines is 1. The Bertz CT molecular complexity index is 481. The highest BCUT2D eigenvalue weighted by Crippen LogP contribution is 2.27. The van der Waals surface area contributed by atoms with Gasteiger partial charge in [0.1, 0.15) is 17.3 Å². The zero-order valence-corrected chi connectivity index (χ0v) is 13.2. The van der Waals surface area contributed by atoms with Crippen LogP contribution in [0.2, 0.25) is 0 Å². The number of benzene rings is 1. The maximum Gasteiger partial charge on any atom is 0.231 e. The van der Waals surface area contributed by atoms with Crippen molar-refractivity contribution in [1.29, 1.82) is 0 Å². The zero-order valence-electron chi connectivity index (χ0n) is 13.2. The summed E-state index contributed by atoms with van der Waals surface area (Å²) in [5.41, 5.74) is 0.551. The van der Waals surface area contributed by atoms with Crippen LogP contribution < -0.4 is 14.8 Å². The third kappa shape index (κ3) is 6.79. The molecule has 21 heavy (non-hydrogen) atoms. The van der Waals surface area contributed by atoms with Crippen molar-refractivity contribution >= 4 is 17.4 Å². The fraction of sp³-hybridized carbons (Fsp3) is 0.500. The summed E-state index contributed by atoms with van der Waals surface area (Å²) in [6.07, 6.45) is -0.115. The summed E-state index contributed by atoms with van der Waals surface area (Å²) in [5, 5.41) is 2.68. The Morgan fingerprint density at radius 2 is 1.48 bits per heavy atom. The van der Waals surface area contributed by atoms with Gasteiger partial charge in [0.25, 0.3) is 0 Å². The van der Waals surface area contributed by atoms with E-state index in [4.69, 9.17) is 9.47 Å². The molecule has 1 aromatic carbocycles. The molecule has 0 aliphatic rings. The Morgan fingerprint density at radius 3 is 1.86 bits per heavy atom. The second-order valence-electron chi connectivity index (χ2n) is 5.45. The Hall–Kier alpha value is -2.04. The van der Waals surface area contributed by atoms with Crippen LogP contribution in [0.15, 0.2) is 18.2 Å².